The van der Waals surface area contributed by atoms with Crippen molar-refractivity contribution in [3.63, 3.8) is 0 Å². The third-order valence-electron chi connectivity index (χ3n) is 4.03. The van der Waals surface area contributed by atoms with E-state index in [1.807, 2.05) is 55.4 Å². The van der Waals surface area contributed by atoms with E-state index >= 15 is 0 Å². The molecule has 2 aromatic carbocycles. The van der Waals surface area contributed by atoms with Crippen molar-refractivity contribution in [2.45, 2.75) is 30.2 Å². The predicted molar refractivity (Wildman–Crippen MR) is 102 cm³/mol. The van der Waals surface area contributed by atoms with E-state index in [0.717, 1.165) is 27.8 Å². The van der Waals surface area contributed by atoms with Crippen molar-refractivity contribution in [3.8, 4) is 0 Å². The number of benzene rings is 2. The fraction of sp³-hybridized carbons (Fsp3) is 0.389. The molecule has 2 rings (SSSR count). The molecule has 0 aliphatic heterocycles. The Morgan fingerprint density at radius 2 is 1.88 bits per heavy atom. The van der Waals surface area contributed by atoms with Crippen molar-refractivity contribution in [2.75, 3.05) is 25.5 Å². The average Bonchev–Trinajstić information content (AvgIpc) is 2.59. The summed E-state index contributed by atoms with van der Waals surface area (Å²) < 4.78 is 15.6. The third-order valence-corrected chi connectivity index (χ3v) is 5.25. The highest BCUT2D eigenvalue weighted by atomic mass is 32.2. The number of nitrogens with zero attached hydrogens (tertiary/aromatic N) is 1. The number of anilines is 1. The molecule has 0 heterocycles. The van der Waals surface area contributed by atoms with E-state index in [0.29, 0.717) is 19.4 Å². The minimum absolute atomic E-state index is 0.421. The minimum Gasteiger partial charge on any atom is -0.480 e. The number of hydrogen-bond donors (Lipinski definition) is 3. The molecule has 0 saturated heterocycles. The Balaban J connectivity index is 2.00. The Bertz CT molecular complexity index is 764. The molecule has 4 N–H and O–H groups in total. The average molecular weight is 363 g/mol. The van der Waals surface area contributed by atoms with Gasteiger partial charge in [0.05, 0.1) is 4.90 Å². The molecule has 7 heteroatoms. The molecule has 0 aliphatic rings. The molecule has 2 aromatic rings. The highest BCUT2D eigenvalue weighted by Crippen LogP contribution is 2.29. The number of carboxylic acids is 1. The van der Waals surface area contributed by atoms with Crippen LogP contribution >= 0.6 is 0 Å². The quantitative estimate of drug-likeness (QED) is 0.593. The SMILES string of the molecule is CN(C)c1cccc2c(S(=O)NCCCCC(N)C(=O)O)cccc12. The molecule has 0 radical (unpaired) electrons. The van der Waals surface area contributed by atoms with Gasteiger partial charge < -0.3 is 15.7 Å². The van der Waals surface area contributed by atoms with Gasteiger partial charge in [0.25, 0.3) is 0 Å². The number of aliphatic carboxylic acids is 1. The lowest BCUT2D eigenvalue weighted by Gasteiger charge is -2.16. The lowest BCUT2D eigenvalue weighted by molar-refractivity contribution is -0.138. The minimum atomic E-state index is -1.32. The van der Waals surface area contributed by atoms with Crippen LogP contribution in [0.2, 0.25) is 0 Å². The molecule has 0 spiro atoms. The van der Waals surface area contributed by atoms with Crippen LogP contribution in [0.4, 0.5) is 5.69 Å². The number of unbranched alkanes of at least 4 members (excludes halogenated alkanes) is 1. The Hall–Kier alpha value is -1.96. The lowest BCUT2D eigenvalue weighted by atomic mass is 10.1. The first-order valence-electron chi connectivity index (χ1n) is 8.24. The van der Waals surface area contributed by atoms with Crippen LogP contribution in [-0.2, 0) is 15.8 Å². The van der Waals surface area contributed by atoms with Gasteiger partial charge >= 0.3 is 5.97 Å². The first kappa shape index (κ1) is 19.4. The molecule has 6 nitrogen and oxygen atoms in total. The highest BCUT2D eigenvalue weighted by Gasteiger charge is 2.12. The van der Waals surface area contributed by atoms with E-state index in [1.54, 1.807) is 0 Å². The number of fused-ring (bicyclic) bond motifs is 1. The molecule has 0 aliphatic carbocycles. The van der Waals surface area contributed by atoms with E-state index in [2.05, 4.69) is 4.72 Å². The summed E-state index contributed by atoms with van der Waals surface area (Å²) in [6.45, 7) is 0.544. The van der Waals surface area contributed by atoms with Crippen LogP contribution in [0.25, 0.3) is 10.8 Å². The van der Waals surface area contributed by atoms with E-state index in [9.17, 15) is 9.00 Å². The van der Waals surface area contributed by atoms with Crippen LogP contribution in [0.5, 0.6) is 0 Å². The topological polar surface area (TPSA) is 95.7 Å². The first-order chi connectivity index (χ1) is 11.9. The van der Waals surface area contributed by atoms with Gasteiger partial charge in [-0.3, -0.25) is 4.79 Å². The van der Waals surface area contributed by atoms with Crippen molar-refractivity contribution >= 4 is 33.4 Å². The predicted octanol–water partition coefficient (Wildman–Crippen LogP) is 2.10. The number of rotatable bonds is 9. The maximum atomic E-state index is 12.6. The van der Waals surface area contributed by atoms with Crippen molar-refractivity contribution in [1.29, 1.82) is 0 Å². The second kappa shape index (κ2) is 8.94. The highest BCUT2D eigenvalue weighted by molar-refractivity contribution is 7.83. The van der Waals surface area contributed by atoms with Gasteiger partial charge in [0.1, 0.15) is 17.0 Å². The number of nitrogens with two attached hydrogens (primary N) is 1. The number of nitrogens with one attached hydrogen (secondary N) is 1. The zero-order valence-electron chi connectivity index (χ0n) is 14.6. The van der Waals surface area contributed by atoms with Gasteiger partial charge in [-0.05, 0) is 25.0 Å². The Labute approximate surface area is 150 Å². The Morgan fingerprint density at radius 3 is 2.56 bits per heavy atom. The maximum Gasteiger partial charge on any atom is 0.320 e. The molecule has 0 aromatic heterocycles. The van der Waals surface area contributed by atoms with Crippen LogP contribution in [-0.4, -0.2) is 42.0 Å². The van der Waals surface area contributed by atoms with Crippen molar-refractivity contribution in [2.24, 2.45) is 5.73 Å². The van der Waals surface area contributed by atoms with Crippen molar-refractivity contribution < 1.29 is 14.1 Å². The molecular formula is C18H25N3O3S. The van der Waals surface area contributed by atoms with Crippen LogP contribution in [0.15, 0.2) is 41.3 Å². The normalized spacial score (nSPS) is 13.6. The molecule has 0 amide bonds. The van der Waals surface area contributed by atoms with E-state index in [4.69, 9.17) is 10.8 Å². The van der Waals surface area contributed by atoms with Gasteiger partial charge in [0, 0.05) is 37.1 Å². The fourth-order valence-corrected chi connectivity index (χ4v) is 3.74. The summed E-state index contributed by atoms with van der Waals surface area (Å²) in [5, 5.41) is 10.8. The van der Waals surface area contributed by atoms with E-state index in [1.165, 1.54) is 0 Å². The smallest absolute Gasteiger partial charge is 0.320 e. The maximum absolute atomic E-state index is 12.6. The van der Waals surface area contributed by atoms with Gasteiger partial charge in [-0.15, -0.1) is 0 Å². The molecular weight excluding hydrogens is 338 g/mol. The Morgan fingerprint density at radius 1 is 1.20 bits per heavy atom. The zero-order chi connectivity index (χ0) is 18.4. The first-order valence-corrected chi connectivity index (χ1v) is 9.39. The van der Waals surface area contributed by atoms with Gasteiger partial charge in [-0.2, -0.15) is 0 Å². The second-order valence-corrected chi connectivity index (χ2v) is 7.39. The fourth-order valence-electron chi connectivity index (χ4n) is 2.67. The monoisotopic (exact) mass is 363 g/mol. The Kier molecular flexibility index (Phi) is 6.92. The molecule has 136 valence electrons. The molecule has 0 bridgehead atoms. The number of carbonyl (C=O) groups is 1. The summed E-state index contributed by atoms with van der Waals surface area (Å²) in [6.07, 6.45) is 1.82. The summed E-state index contributed by atoms with van der Waals surface area (Å²) in [6, 6.07) is 11.0. The van der Waals surface area contributed by atoms with Crippen LogP contribution in [0.1, 0.15) is 19.3 Å². The number of hydrogen-bond acceptors (Lipinski definition) is 4. The molecule has 25 heavy (non-hydrogen) atoms. The van der Waals surface area contributed by atoms with Gasteiger partial charge in [-0.25, -0.2) is 8.93 Å². The second-order valence-electron chi connectivity index (χ2n) is 6.13. The largest absolute Gasteiger partial charge is 0.480 e. The van der Waals surface area contributed by atoms with Crippen molar-refractivity contribution in [3.05, 3.63) is 36.4 Å². The van der Waals surface area contributed by atoms with Gasteiger partial charge in [0.2, 0.25) is 0 Å². The summed E-state index contributed by atoms with van der Waals surface area (Å²) in [7, 11) is 2.65. The summed E-state index contributed by atoms with van der Waals surface area (Å²) in [4.78, 5) is 13.5. The summed E-state index contributed by atoms with van der Waals surface area (Å²) >= 11 is 0. The van der Waals surface area contributed by atoms with Crippen LogP contribution < -0.4 is 15.4 Å². The number of carboxylic acid groups (broad SMARTS) is 1. The van der Waals surface area contributed by atoms with Crippen LogP contribution in [0.3, 0.4) is 0 Å². The van der Waals surface area contributed by atoms with Crippen molar-refractivity contribution in [1.82, 2.24) is 4.72 Å². The molecule has 0 fully saturated rings. The summed E-state index contributed by atoms with van der Waals surface area (Å²) in [5.74, 6) is -0.982. The van der Waals surface area contributed by atoms with E-state index in [-0.39, 0.29) is 0 Å². The standard InChI is InChI=1S/C18H25N3O3S/c1-21(2)16-10-5-8-14-13(16)7-6-11-17(14)25(24)20-12-4-3-9-15(19)18(22)23/h5-8,10-11,15,20H,3-4,9,12,19H2,1-2H3,(H,22,23). The third kappa shape index (κ3) is 5.01. The van der Waals surface area contributed by atoms with Crippen LogP contribution in [0, 0.1) is 0 Å². The van der Waals surface area contributed by atoms with Gasteiger partial charge in [-0.1, -0.05) is 30.7 Å². The van der Waals surface area contributed by atoms with Gasteiger partial charge in [0.15, 0.2) is 0 Å². The molecule has 2 atom stereocenters. The lowest BCUT2D eigenvalue weighted by Crippen LogP contribution is -2.30. The molecule has 0 saturated carbocycles. The zero-order valence-corrected chi connectivity index (χ0v) is 15.4. The van der Waals surface area contributed by atoms with E-state index < -0.39 is 23.0 Å². The molecule has 2 unspecified atom stereocenters. The summed E-state index contributed by atoms with van der Waals surface area (Å²) in [5.41, 5.74) is 6.55.